The Kier molecular flexibility index (Phi) is 6.33. The molecule has 0 saturated heterocycles. The molecule has 1 N–H and O–H groups in total. The van der Waals surface area contributed by atoms with Crippen LogP contribution in [-0.2, 0) is 13.2 Å². The van der Waals surface area contributed by atoms with Crippen LogP contribution in [0.3, 0.4) is 0 Å². The molecule has 0 radical (unpaired) electrons. The molecule has 3 nitrogen and oxygen atoms in total. The number of halogens is 2. The first-order valence-electron chi connectivity index (χ1n) is 6.90. The molecular formula is C16H19Br2NO2. The SMILES string of the molecule is CC(C)CNCc1ccc(COc2ccc(Br)cc2Br)o1. The third-order valence-electron chi connectivity index (χ3n) is 2.83. The molecule has 5 heteroatoms. The maximum atomic E-state index is 5.75. The minimum Gasteiger partial charge on any atom is -0.484 e. The molecule has 0 aliphatic rings. The lowest BCUT2D eigenvalue weighted by Crippen LogP contribution is -2.18. The monoisotopic (exact) mass is 415 g/mol. The first-order valence-corrected chi connectivity index (χ1v) is 8.49. The van der Waals surface area contributed by atoms with Crippen LogP contribution in [0.25, 0.3) is 0 Å². The van der Waals surface area contributed by atoms with Gasteiger partial charge < -0.3 is 14.5 Å². The van der Waals surface area contributed by atoms with E-state index in [4.69, 9.17) is 9.15 Å². The van der Waals surface area contributed by atoms with Crippen molar-refractivity contribution in [1.29, 1.82) is 0 Å². The van der Waals surface area contributed by atoms with Crippen molar-refractivity contribution in [3.8, 4) is 5.75 Å². The highest BCUT2D eigenvalue weighted by molar-refractivity contribution is 9.11. The lowest BCUT2D eigenvalue weighted by Gasteiger charge is -2.07. The van der Waals surface area contributed by atoms with E-state index in [9.17, 15) is 0 Å². The Morgan fingerprint density at radius 3 is 2.62 bits per heavy atom. The molecule has 0 amide bonds. The van der Waals surface area contributed by atoms with Crippen LogP contribution in [0.4, 0.5) is 0 Å². The standard InChI is InChI=1S/C16H19Br2NO2/c1-11(2)8-19-9-13-4-5-14(21-13)10-20-16-6-3-12(17)7-15(16)18/h3-7,11,19H,8-10H2,1-2H3. The minimum atomic E-state index is 0.421. The number of rotatable bonds is 7. The van der Waals surface area contributed by atoms with E-state index in [0.717, 1.165) is 39.3 Å². The minimum absolute atomic E-state index is 0.421. The van der Waals surface area contributed by atoms with Gasteiger partial charge >= 0.3 is 0 Å². The number of benzene rings is 1. The zero-order valence-electron chi connectivity index (χ0n) is 12.2. The lowest BCUT2D eigenvalue weighted by atomic mass is 10.2. The van der Waals surface area contributed by atoms with E-state index in [1.54, 1.807) is 0 Å². The van der Waals surface area contributed by atoms with E-state index in [1.807, 2.05) is 30.3 Å². The lowest BCUT2D eigenvalue weighted by molar-refractivity contribution is 0.263. The van der Waals surface area contributed by atoms with Gasteiger partial charge in [0.1, 0.15) is 23.9 Å². The van der Waals surface area contributed by atoms with Crippen molar-refractivity contribution in [3.05, 3.63) is 50.8 Å². The molecule has 0 atom stereocenters. The fourth-order valence-corrected chi connectivity index (χ4v) is 2.98. The van der Waals surface area contributed by atoms with Gasteiger partial charge in [-0.25, -0.2) is 0 Å². The summed E-state index contributed by atoms with van der Waals surface area (Å²) in [7, 11) is 0. The molecule has 0 bridgehead atoms. The molecule has 0 spiro atoms. The van der Waals surface area contributed by atoms with Crippen molar-refractivity contribution in [2.45, 2.75) is 27.0 Å². The van der Waals surface area contributed by atoms with Crippen LogP contribution in [0.15, 0.2) is 43.7 Å². The normalized spacial score (nSPS) is 11.1. The summed E-state index contributed by atoms with van der Waals surface area (Å²) in [5.41, 5.74) is 0. The second kappa shape index (κ2) is 8.01. The summed E-state index contributed by atoms with van der Waals surface area (Å²) in [6, 6.07) is 9.77. The quantitative estimate of drug-likeness (QED) is 0.679. The fraction of sp³-hybridized carbons (Fsp3) is 0.375. The molecule has 0 saturated carbocycles. The maximum absolute atomic E-state index is 5.75. The summed E-state index contributed by atoms with van der Waals surface area (Å²) in [5.74, 6) is 3.20. The van der Waals surface area contributed by atoms with Gasteiger partial charge in [0.2, 0.25) is 0 Å². The van der Waals surface area contributed by atoms with Crippen LogP contribution >= 0.6 is 31.9 Å². The molecular weight excluding hydrogens is 398 g/mol. The van der Waals surface area contributed by atoms with Gasteiger partial charge in [-0.2, -0.15) is 0 Å². The molecule has 114 valence electrons. The Hall–Kier alpha value is -0.780. The highest BCUT2D eigenvalue weighted by Crippen LogP contribution is 2.28. The molecule has 2 aromatic rings. The fourth-order valence-electron chi connectivity index (χ4n) is 1.82. The van der Waals surface area contributed by atoms with Gasteiger partial charge in [-0.05, 0) is 58.7 Å². The summed E-state index contributed by atoms with van der Waals surface area (Å²) < 4.78 is 13.4. The van der Waals surface area contributed by atoms with E-state index in [-0.39, 0.29) is 0 Å². The number of furan rings is 1. The zero-order valence-corrected chi connectivity index (χ0v) is 15.3. The van der Waals surface area contributed by atoms with Gasteiger partial charge in [-0.1, -0.05) is 29.8 Å². The van der Waals surface area contributed by atoms with Gasteiger partial charge in [-0.15, -0.1) is 0 Å². The zero-order chi connectivity index (χ0) is 15.2. The summed E-state index contributed by atoms with van der Waals surface area (Å²) in [6.07, 6.45) is 0. The van der Waals surface area contributed by atoms with Crippen molar-refractivity contribution in [1.82, 2.24) is 5.32 Å². The average Bonchev–Trinajstić information content (AvgIpc) is 2.85. The summed E-state index contributed by atoms with van der Waals surface area (Å²) in [5, 5.41) is 3.36. The van der Waals surface area contributed by atoms with Crippen LogP contribution < -0.4 is 10.1 Å². The number of nitrogens with one attached hydrogen (secondary N) is 1. The molecule has 1 heterocycles. The Labute approximate surface area is 142 Å². The first-order chi connectivity index (χ1) is 10.0. The largest absolute Gasteiger partial charge is 0.484 e. The molecule has 21 heavy (non-hydrogen) atoms. The molecule has 1 aromatic carbocycles. The van der Waals surface area contributed by atoms with Crippen molar-refractivity contribution in [3.63, 3.8) is 0 Å². The Morgan fingerprint density at radius 1 is 1.14 bits per heavy atom. The second-order valence-electron chi connectivity index (χ2n) is 5.26. The van der Waals surface area contributed by atoms with Crippen molar-refractivity contribution >= 4 is 31.9 Å². The van der Waals surface area contributed by atoms with Gasteiger partial charge in [0.05, 0.1) is 11.0 Å². The molecule has 2 rings (SSSR count). The number of hydrogen-bond donors (Lipinski definition) is 1. The topological polar surface area (TPSA) is 34.4 Å². The highest BCUT2D eigenvalue weighted by Gasteiger charge is 2.06. The summed E-state index contributed by atoms with van der Waals surface area (Å²) in [6.45, 7) is 6.53. The van der Waals surface area contributed by atoms with E-state index in [1.165, 1.54) is 0 Å². The van der Waals surface area contributed by atoms with E-state index < -0.39 is 0 Å². The first kappa shape index (κ1) is 16.6. The van der Waals surface area contributed by atoms with E-state index >= 15 is 0 Å². The van der Waals surface area contributed by atoms with Crippen molar-refractivity contribution in [2.24, 2.45) is 5.92 Å². The Morgan fingerprint density at radius 2 is 1.90 bits per heavy atom. The highest BCUT2D eigenvalue weighted by atomic mass is 79.9. The Balaban J connectivity index is 1.85. The third-order valence-corrected chi connectivity index (χ3v) is 3.95. The number of hydrogen-bond acceptors (Lipinski definition) is 3. The van der Waals surface area contributed by atoms with Gasteiger partial charge in [0, 0.05) is 4.47 Å². The maximum Gasteiger partial charge on any atom is 0.146 e. The smallest absolute Gasteiger partial charge is 0.146 e. The van der Waals surface area contributed by atoms with Gasteiger partial charge in [0.15, 0.2) is 0 Å². The van der Waals surface area contributed by atoms with Crippen LogP contribution in [0, 0.1) is 5.92 Å². The second-order valence-corrected chi connectivity index (χ2v) is 7.03. The summed E-state index contributed by atoms with van der Waals surface area (Å²) in [4.78, 5) is 0. The predicted octanol–water partition coefficient (Wildman–Crippen LogP) is 5.13. The molecule has 0 aliphatic carbocycles. The average molecular weight is 417 g/mol. The van der Waals surface area contributed by atoms with Crippen molar-refractivity contribution < 1.29 is 9.15 Å². The van der Waals surface area contributed by atoms with E-state index in [2.05, 4.69) is 51.0 Å². The number of ether oxygens (including phenoxy) is 1. The van der Waals surface area contributed by atoms with E-state index in [0.29, 0.717) is 12.5 Å². The van der Waals surface area contributed by atoms with Gasteiger partial charge in [0.25, 0.3) is 0 Å². The van der Waals surface area contributed by atoms with Gasteiger partial charge in [-0.3, -0.25) is 0 Å². The third kappa shape index (κ3) is 5.49. The van der Waals surface area contributed by atoms with Crippen LogP contribution in [0.5, 0.6) is 5.75 Å². The summed E-state index contributed by atoms with van der Waals surface area (Å²) >= 11 is 6.90. The molecule has 0 unspecified atom stereocenters. The van der Waals surface area contributed by atoms with Crippen molar-refractivity contribution in [2.75, 3.05) is 6.54 Å². The Bertz CT molecular complexity index is 581. The van der Waals surface area contributed by atoms with Crippen LogP contribution in [0.1, 0.15) is 25.4 Å². The van der Waals surface area contributed by atoms with Crippen LogP contribution in [0.2, 0.25) is 0 Å². The molecule has 0 aliphatic heterocycles. The molecule has 0 fully saturated rings. The molecule has 1 aromatic heterocycles. The predicted molar refractivity (Wildman–Crippen MR) is 91.4 cm³/mol. The van der Waals surface area contributed by atoms with Crippen LogP contribution in [-0.4, -0.2) is 6.54 Å².